The van der Waals surface area contributed by atoms with Gasteiger partial charge in [0.2, 0.25) is 16.8 Å². The number of anilines is 1. The van der Waals surface area contributed by atoms with Gasteiger partial charge in [-0.1, -0.05) is 11.6 Å². The minimum atomic E-state index is -3.49. The lowest BCUT2D eigenvalue weighted by atomic mass is 10.3. The summed E-state index contributed by atoms with van der Waals surface area (Å²) in [5.41, 5.74) is 0.251. The Kier molecular flexibility index (Phi) is 3.56. The predicted molar refractivity (Wildman–Crippen MR) is 65.7 cm³/mol. The number of nitrogens with one attached hydrogen (secondary N) is 1. The number of ether oxygens (including phenoxy) is 2. The average Bonchev–Trinajstić information content (AvgIpc) is 2.64. The summed E-state index contributed by atoms with van der Waals surface area (Å²) in [6.07, 6.45) is 0. The van der Waals surface area contributed by atoms with E-state index in [1.807, 2.05) is 0 Å². The molecule has 1 aliphatic heterocycles. The highest BCUT2D eigenvalue weighted by molar-refractivity contribution is 7.92. The van der Waals surface area contributed by atoms with Crippen LogP contribution < -0.4 is 14.2 Å². The molecule has 1 aromatic rings. The van der Waals surface area contributed by atoms with Crippen LogP contribution in [0.15, 0.2) is 12.1 Å². The molecule has 0 radical (unpaired) electrons. The Morgan fingerprint density at radius 3 is 2.59 bits per heavy atom. The first kappa shape index (κ1) is 12.6. The fourth-order valence-corrected chi connectivity index (χ4v) is 2.99. The second kappa shape index (κ2) is 4.80. The maximum absolute atomic E-state index is 11.5. The molecule has 0 aromatic heterocycles. The molecule has 0 aliphatic carbocycles. The van der Waals surface area contributed by atoms with E-state index in [-0.39, 0.29) is 29.1 Å². The molecular formula is C9H9Cl2NO4S. The second-order valence-corrected chi connectivity index (χ2v) is 5.92. The first-order valence-electron chi connectivity index (χ1n) is 4.67. The van der Waals surface area contributed by atoms with E-state index in [0.29, 0.717) is 11.5 Å². The molecule has 2 rings (SSSR count). The van der Waals surface area contributed by atoms with Crippen molar-refractivity contribution in [2.75, 3.05) is 23.1 Å². The minimum Gasteiger partial charge on any atom is -0.454 e. The predicted octanol–water partition coefficient (Wildman–Crippen LogP) is 2.05. The van der Waals surface area contributed by atoms with Gasteiger partial charge in [-0.15, -0.1) is 11.6 Å². The molecule has 0 unspecified atom stereocenters. The topological polar surface area (TPSA) is 64.6 Å². The number of halogens is 2. The van der Waals surface area contributed by atoms with Crippen molar-refractivity contribution in [2.45, 2.75) is 0 Å². The van der Waals surface area contributed by atoms with Crippen LogP contribution in [0.2, 0.25) is 5.02 Å². The molecule has 0 saturated carbocycles. The van der Waals surface area contributed by atoms with Gasteiger partial charge in [-0.05, 0) is 0 Å². The highest BCUT2D eigenvalue weighted by Gasteiger charge is 2.19. The van der Waals surface area contributed by atoms with E-state index in [1.54, 1.807) is 0 Å². The zero-order valence-electron chi connectivity index (χ0n) is 8.57. The largest absolute Gasteiger partial charge is 0.454 e. The summed E-state index contributed by atoms with van der Waals surface area (Å²) >= 11 is 11.3. The molecular weight excluding hydrogens is 289 g/mol. The van der Waals surface area contributed by atoms with Crippen LogP contribution in [0.3, 0.4) is 0 Å². The van der Waals surface area contributed by atoms with E-state index in [1.165, 1.54) is 12.1 Å². The Hall–Kier alpha value is -0.850. The summed E-state index contributed by atoms with van der Waals surface area (Å²) in [7, 11) is -3.49. The van der Waals surface area contributed by atoms with Crippen molar-refractivity contribution < 1.29 is 17.9 Å². The van der Waals surface area contributed by atoms with Crippen LogP contribution in [0.1, 0.15) is 0 Å². The summed E-state index contributed by atoms with van der Waals surface area (Å²) in [4.78, 5) is 0. The lowest BCUT2D eigenvalue weighted by Crippen LogP contribution is -2.17. The van der Waals surface area contributed by atoms with Crippen LogP contribution in [0.5, 0.6) is 11.5 Å². The number of hydrogen-bond acceptors (Lipinski definition) is 4. The quantitative estimate of drug-likeness (QED) is 0.864. The van der Waals surface area contributed by atoms with E-state index >= 15 is 0 Å². The van der Waals surface area contributed by atoms with Crippen molar-refractivity contribution >= 4 is 38.9 Å². The number of benzene rings is 1. The van der Waals surface area contributed by atoms with E-state index in [9.17, 15) is 8.42 Å². The van der Waals surface area contributed by atoms with Crippen molar-refractivity contribution in [3.05, 3.63) is 17.2 Å². The van der Waals surface area contributed by atoms with Crippen molar-refractivity contribution in [1.82, 2.24) is 0 Å². The van der Waals surface area contributed by atoms with E-state index in [2.05, 4.69) is 4.72 Å². The molecule has 0 amide bonds. The summed E-state index contributed by atoms with van der Waals surface area (Å²) in [6, 6.07) is 2.99. The van der Waals surface area contributed by atoms with E-state index < -0.39 is 10.0 Å². The van der Waals surface area contributed by atoms with Crippen LogP contribution in [0, 0.1) is 0 Å². The molecule has 94 valence electrons. The fraction of sp³-hybridized carbons (Fsp3) is 0.333. The lowest BCUT2D eigenvalue weighted by molar-refractivity contribution is 0.174. The molecule has 1 N–H and O–H groups in total. The Labute approximate surface area is 109 Å². The Balaban J connectivity index is 2.28. The van der Waals surface area contributed by atoms with Crippen LogP contribution in [0.25, 0.3) is 0 Å². The van der Waals surface area contributed by atoms with Gasteiger partial charge in [-0.2, -0.15) is 0 Å². The highest BCUT2D eigenvalue weighted by atomic mass is 35.5. The highest BCUT2D eigenvalue weighted by Crippen LogP contribution is 2.39. The van der Waals surface area contributed by atoms with Crippen molar-refractivity contribution in [3.63, 3.8) is 0 Å². The number of hydrogen-bond donors (Lipinski definition) is 1. The summed E-state index contributed by atoms with van der Waals surface area (Å²) in [5.74, 6) is 0.782. The number of fused-ring (bicyclic) bond motifs is 1. The zero-order valence-corrected chi connectivity index (χ0v) is 10.9. The smallest absolute Gasteiger partial charge is 0.233 e. The van der Waals surface area contributed by atoms with E-state index in [0.717, 1.165) is 0 Å². The van der Waals surface area contributed by atoms with Crippen molar-refractivity contribution in [1.29, 1.82) is 0 Å². The Morgan fingerprint density at radius 2 is 1.94 bits per heavy atom. The first-order chi connectivity index (χ1) is 8.02. The van der Waals surface area contributed by atoms with E-state index in [4.69, 9.17) is 32.7 Å². The molecule has 0 spiro atoms. The summed E-state index contributed by atoms with van der Waals surface area (Å²) in [6.45, 7) is 0.101. The maximum Gasteiger partial charge on any atom is 0.233 e. The molecule has 1 heterocycles. The molecule has 5 nitrogen and oxygen atoms in total. The molecule has 1 aromatic carbocycles. The number of rotatable bonds is 4. The minimum absolute atomic E-state index is 0.0114. The molecule has 17 heavy (non-hydrogen) atoms. The van der Waals surface area contributed by atoms with Crippen molar-refractivity contribution in [2.24, 2.45) is 0 Å². The first-order valence-corrected chi connectivity index (χ1v) is 7.24. The van der Waals surface area contributed by atoms with Gasteiger partial charge in [-0.3, -0.25) is 4.72 Å². The van der Waals surface area contributed by atoms with Gasteiger partial charge in [0.15, 0.2) is 11.5 Å². The van der Waals surface area contributed by atoms with Gasteiger partial charge in [-0.25, -0.2) is 8.42 Å². The van der Waals surface area contributed by atoms with Gasteiger partial charge in [0.25, 0.3) is 0 Å². The zero-order chi connectivity index (χ0) is 12.5. The summed E-state index contributed by atoms with van der Waals surface area (Å²) < 4.78 is 35.6. The fourth-order valence-electron chi connectivity index (χ4n) is 1.32. The third-order valence-corrected chi connectivity index (χ3v) is 4.07. The monoisotopic (exact) mass is 297 g/mol. The molecule has 0 bridgehead atoms. The van der Waals surface area contributed by atoms with Gasteiger partial charge in [0.1, 0.15) is 0 Å². The Bertz CT molecular complexity index is 532. The van der Waals surface area contributed by atoms with Gasteiger partial charge in [0, 0.05) is 18.0 Å². The molecule has 8 heteroatoms. The normalized spacial score (nSPS) is 13.8. The SMILES string of the molecule is O=S(=O)(CCCl)Nc1cc2c(cc1Cl)OCO2. The van der Waals surface area contributed by atoms with Crippen LogP contribution in [0.4, 0.5) is 5.69 Å². The number of sulfonamides is 1. The standard InChI is InChI=1S/C9H9Cl2NO4S/c10-1-2-17(13,14)12-7-4-9-8(3-6(7)11)15-5-16-9/h3-4,12H,1-2,5H2. The van der Waals surface area contributed by atoms with Gasteiger partial charge >= 0.3 is 0 Å². The number of alkyl halides is 1. The van der Waals surface area contributed by atoms with Gasteiger partial charge in [0.05, 0.1) is 16.5 Å². The lowest BCUT2D eigenvalue weighted by Gasteiger charge is -2.09. The molecule has 0 saturated heterocycles. The maximum atomic E-state index is 11.5. The molecule has 1 aliphatic rings. The molecule has 0 atom stereocenters. The van der Waals surface area contributed by atoms with Crippen LogP contribution in [-0.4, -0.2) is 26.8 Å². The van der Waals surface area contributed by atoms with Gasteiger partial charge < -0.3 is 9.47 Å². The van der Waals surface area contributed by atoms with Crippen molar-refractivity contribution in [3.8, 4) is 11.5 Å². The summed E-state index contributed by atoms with van der Waals surface area (Å²) in [5, 5.41) is 0.243. The second-order valence-electron chi connectivity index (χ2n) is 3.30. The Morgan fingerprint density at radius 1 is 1.29 bits per heavy atom. The third-order valence-electron chi connectivity index (χ3n) is 2.07. The van der Waals surface area contributed by atoms with Crippen LogP contribution >= 0.6 is 23.2 Å². The van der Waals surface area contributed by atoms with Crippen LogP contribution in [-0.2, 0) is 10.0 Å². The third kappa shape index (κ3) is 2.88. The molecule has 0 fully saturated rings. The average molecular weight is 298 g/mol.